The summed E-state index contributed by atoms with van der Waals surface area (Å²) in [5.74, 6) is 0. The second-order valence-corrected chi connectivity index (χ2v) is 5.43. The van der Waals surface area contributed by atoms with Crippen LogP contribution >= 0.6 is 0 Å². The van der Waals surface area contributed by atoms with Crippen molar-refractivity contribution in [2.24, 2.45) is 5.73 Å². The van der Waals surface area contributed by atoms with E-state index in [4.69, 9.17) is 10.5 Å². The Kier molecular flexibility index (Phi) is 5.86. The van der Waals surface area contributed by atoms with Gasteiger partial charge in [0, 0.05) is 25.7 Å². The molecule has 1 fully saturated rings. The average Bonchev–Trinajstić information content (AvgIpc) is 2.30. The lowest BCUT2D eigenvalue weighted by Gasteiger charge is -2.44. The molecule has 1 aliphatic heterocycles. The highest BCUT2D eigenvalue weighted by atomic mass is 16.5. The molecule has 4 nitrogen and oxygen atoms in total. The van der Waals surface area contributed by atoms with Gasteiger partial charge in [-0.1, -0.05) is 13.3 Å². The number of methoxy groups -OCH3 is 1. The second kappa shape index (κ2) is 6.69. The molecule has 0 spiro atoms. The van der Waals surface area contributed by atoms with Crippen molar-refractivity contribution in [3.8, 4) is 0 Å². The Morgan fingerprint density at radius 3 is 2.76 bits per heavy atom. The van der Waals surface area contributed by atoms with Crippen LogP contribution in [0.2, 0.25) is 0 Å². The molecule has 1 saturated heterocycles. The van der Waals surface area contributed by atoms with Crippen LogP contribution in [0, 0.1) is 0 Å². The van der Waals surface area contributed by atoms with Crippen molar-refractivity contribution < 1.29 is 9.84 Å². The van der Waals surface area contributed by atoms with Crippen molar-refractivity contribution >= 4 is 0 Å². The van der Waals surface area contributed by atoms with E-state index in [1.807, 2.05) is 0 Å². The van der Waals surface area contributed by atoms with Crippen LogP contribution in [0.3, 0.4) is 0 Å². The van der Waals surface area contributed by atoms with Crippen molar-refractivity contribution in [2.45, 2.75) is 57.2 Å². The lowest BCUT2D eigenvalue weighted by atomic mass is 9.91. The fraction of sp³-hybridized carbons (Fsp3) is 1.00. The largest absolute Gasteiger partial charge is 0.395 e. The number of hydrogen-bond donors (Lipinski definition) is 2. The summed E-state index contributed by atoms with van der Waals surface area (Å²) < 4.78 is 5.58. The number of nitrogens with two attached hydrogens (primary N) is 1. The maximum absolute atomic E-state index is 9.56. The quantitative estimate of drug-likeness (QED) is 0.731. The number of aliphatic hydroxyl groups excluding tert-OH is 1. The van der Waals surface area contributed by atoms with E-state index < -0.39 is 0 Å². The van der Waals surface area contributed by atoms with Crippen LogP contribution in [-0.4, -0.2) is 54.5 Å². The van der Waals surface area contributed by atoms with Crippen molar-refractivity contribution in [2.75, 3.05) is 26.8 Å². The molecule has 0 aromatic rings. The summed E-state index contributed by atoms with van der Waals surface area (Å²) >= 11 is 0. The smallest absolute Gasteiger partial charge is 0.0777 e. The Labute approximate surface area is 105 Å². The van der Waals surface area contributed by atoms with Crippen molar-refractivity contribution in [3.05, 3.63) is 0 Å². The molecule has 1 rings (SSSR count). The Morgan fingerprint density at radius 2 is 2.24 bits per heavy atom. The number of ether oxygens (including phenoxy) is 1. The van der Waals surface area contributed by atoms with Gasteiger partial charge >= 0.3 is 0 Å². The molecule has 3 unspecified atom stereocenters. The lowest BCUT2D eigenvalue weighted by Crippen LogP contribution is -2.57. The Bertz CT molecular complexity index is 225. The number of hydrogen-bond acceptors (Lipinski definition) is 4. The maximum atomic E-state index is 9.56. The van der Waals surface area contributed by atoms with Gasteiger partial charge in [-0.3, -0.25) is 4.90 Å². The van der Waals surface area contributed by atoms with E-state index in [-0.39, 0.29) is 24.3 Å². The highest BCUT2D eigenvalue weighted by molar-refractivity contribution is 4.91. The molecule has 3 atom stereocenters. The molecule has 0 amide bonds. The zero-order valence-corrected chi connectivity index (χ0v) is 11.5. The van der Waals surface area contributed by atoms with Gasteiger partial charge in [-0.15, -0.1) is 0 Å². The van der Waals surface area contributed by atoms with Crippen LogP contribution < -0.4 is 5.73 Å². The summed E-state index contributed by atoms with van der Waals surface area (Å²) in [5, 5.41) is 9.56. The number of likely N-dealkylation sites (tertiary alicyclic amines) is 1. The van der Waals surface area contributed by atoms with Crippen LogP contribution in [0.4, 0.5) is 0 Å². The van der Waals surface area contributed by atoms with E-state index in [2.05, 4.69) is 18.7 Å². The fourth-order valence-electron chi connectivity index (χ4n) is 2.74. The topological polar surface area (TPSA) is 58.7 Å². The first-order chi connectivity index (χ1) is 8.06. The third-order valence-corrected chi connectivity index (χ3v) is 3.95. The van der Waals surface area contributed by atoms with Gasteiger partial charge in [-0.2, -0.15) is 0 Å². The predicted molar refractivity (Wildman–Crippen MR) is 70.0 cm³/mol. The summed E-state index contributed by atoms with van der Waals surface area (Å²) in [7, 11) is 1.77. The molecule has 0 aliphatic carbocycles. The Morgan fingerprint density at radius 1 is 1.53 bits per heavy atom. The normalized spacial score (nSPS) is 30.2. The molecule has 1 heterocycles. The second-order valence-electron chi connectivity index (χ2n) is 5.43. The summed E-state index contributed by atoms with van der Waals surface area (Å²) in [4.78, 5) is 2.30. The molecule has 17 heavy (non-hydrogen) atoms. The molecule has 102 valence electrons. The molecule has 0 bridgehead atoms. The van der Waals surface area contributed by atoms with Crippen LogP contribution in [0.5, 0.6) is 0 Å². The molecule has 0 radical (unpaired) electrons. The van der Waals surface area contributed by atoms with E-state index in [0.29, 0.717) is 0 Å². The van der Waals surface area contributed by atoms with Gasteiger partial charge < -0.3 is 15.6 Å². The third kappa shape index (κ3) is 3.91. The molecular weight excluding hydrogens is 216 g/mol. The highest BCUT2D eigenvalue weighted by Gasteiger charge is 2.35. The van der Waals surface area contributed by atoms with E-state index >= 15 is 0 Å². The number of piperidine rings is 1. The van der Waals surface area contributed by atoms with E-state index in [0.717, 1.165) is 38.8 Å². The minimum Gasteiger partial charge on any atom is -0.395 e. The average molecular weight is 244 g/mol. The first-order valence-electron chi connectivity index (χ1n) is 6.72. The predicted octanol–water partition coefficient (Wildman–Crippen LogP) is 0.976. The van der Waals surface area contributed by atoms with Crippen LogP contribution in [0.1, 0.15) is 39.5 Å². The third-order valence-electron chi connectivity index (χ3n) is 3.95. The van der Waals surface area contributed by atoms with Crippen LogP contribution in [0.15, 0.2) is 0 Å². The summed E-state index contributed by atoms with van der Waals surface area (Å²) in [6.07, 6.45) is 4.22. The van der Waals surface area contributed by atoms with Crippen LogP contribution in [-0.2, 0) is 4.74 Å². The molecular formula is C13H28N2O2. The first kappa shape index (κ1) is 14.9. The van der Waals surface area contributed by atoms with E-state index in [9.17, 15) is 5.11 Å². The van der Waals surface area contributed by atoms with Crippen molar-refractivity contribution in [1.29, 1.82) is 0 Å². The van der Waals surface area contributed by atoms with Gasteiger partial charge in [-0.05, 0) is 32.7 Å². The number of aliphatic hydroxyl groups is 1. The maximum Gasteiger partial charge on any atom is 0.0777 e. The van der Waals surface area contributed by atoms with Crippen molar-refractivity contribution in [1.82, 2.24) is 4.90 Å². The van der Waals surface area contributed by atoms with Gasteiger partial charge in [0.05, 0.1) is 12.2 Å². The van der Waals surface area contributed by atoms with E-state index in [1.54, 1.807) is 7.11 Å². The monoisotopic (exact) mass is 244 g/mol. The zero-order chi connectivity index (χ0) is 12.9. The molecule has 4 heteroatoms. The SMILES string of the molecule is CCCC(N)C(CO)N1CCCC(C)(OC)C1. The number of rotatable bonds is 6. The van der Waals surface area contributed by atoms with Gasteiger partial charge in [0.1, 0.15) is 0 Å². The van der Waals surface area contributed by atoms with Crippen molar-refractivity contribution in [3.63, 3.8) is 0 Å². The molecule has 0 saturated carbocycles. The van der Waals surface area contributed by atoms with Gasteiger partial charge in [0.25, 0.3) is 0 Å². The fourth-order valence-corrected chi connectivity index (χ4v) is 2.74. The van der Waals surface area contributed by atoms with Crippen LogP contribution in [0.25, 0.3) is 0 Å². The standard InChI is InChI=1S/C13H28N2O2/c1-4-6-11(14)12(9-16)15-8-5-7-13(2,10-15)17-3/h11-12,16H,4-10,14H2,1-3H3. The number of nitrogens with zero attached hydrogens (tertiary/aromatic N) is 1. The molecule has 0 aromatic carbocycles. The first-order valence-corrected chi connectivity index (χ1v) is 6.72. The molecule has 1 aliphatic rings. The highest BCUT2D eigenvalue weighted by Crippen LogP contribution is 2.26. The molecule has 3 N–H and O–H groups in total. The summed E-state index contributed by atoms with van der Waals surface area (Å²) in [5.41, 5.74) is 6.07. The van der Waals surface area contributed by atoms with Gasteiger partial charge in [-0.25, -0.2) is 0 Å². The van der Waals surface area contributed by atoms with E-state index in [1.165, 1.54) is 0 Å². The summed E-state index contributed by atoms with van der Waals surface area (Å²) in [6, 6.07) is 0.133. The van der Waals surface area contributed by atoms with Gasteiger partial charge in [0.15, 0.2) is 0 Å². The Hall–Kier alpha value is -0.160. The lowest BCUT2D eigenvalue weighted by molar-refractivity contribution is -0.0694. The zero-order valence-electron chi connectivity index (χ0n) is 11.5. The minimum absolute atomic E-state index is 0.0595. The molecule has 0 aromatic heterocycles. The van der Waals surface area contributed by atoms with Gasteiger partial charge in [0.2, 0.25) is 0 Å². The Balaban J connectivity index is 2.62. The summed E-state index contributed by atoms with van der Waals surface area (Å²) in [6.45, 7) is 6.29. The minimum atomic E-state index is -0.0857.